The van der Waals surface area contributed by atoms with E-state index in [0.29, 0.717) is 12.6 Å². The van der Waals surface area contributed by atoms with Gasteiger partial charge in [0.15, 0.2) is 0 Å². The lowest BCUT2D eigenvalue weighted by molar-refractivity contribution is 0.426. The highest BCUT2D eigenvalue weighted by Crippen LogP contribution is 2.17. The summed E-state index contributed by atoms with van der Waals surface area (Å²) in [6, 6.07) is 5.63. The molecule has 0 spiro atoms. The smallest absolute Gasteiger partial charge is 0.146 e. The fourth-order valence-corrected chi connectivity index (χ4v) is 2.16. The van der Waals surface area contributed by atoms with Gasteiger partial charge in [-0.25, -0.2) is 8.78 Å². The molecule has 5 heteroatoms. The zero-order valence-corrected chi connectivity index (χ0v) is 11.7. The number of benzene rings is 1. The predicted molar refractivity (Wildman–Crippen MR) is 75.5 cm³/mol. The second-order valence-electron chi connectivity index (χ2n) is 4.74. The summed E-state index contributed by atoms with van der Waals surface area (Å²) in [4.78, 5) is 0. The number of aromatic nitrogens is 2. The van der Waals surface area contributed by atoms with Crippen LogP contribution in [0.3, 0.4) is 0 Å². The van der Waals surface area contributed by atoms with Crippen molar-refractivity contribution in [2.45, 2.75) is 39.3 Å². The molecule has 20 heavy (non-hydrogen) atoms. The molecule has 2 aromatic rings. The van der Waals surface area contributed by atoms with Crippen LogP contribution in [0.2, 0.25) is 0 Å². The van der Waals surface area contributed by atoms with Crippen molar-refractivity contribution in [3.05, 3.63) is 47.8 Å². The SMILES string of the molecule is CCC(CC)n1ccc(CNc2cc(F)ccc2F)n1. The summed E-state index contributed by atoms with van der Waals surface area (Å²) < 4.78 is 28.4. The standard InChI is InChI=1S/C15H19F2N3/c1-3-13(4-2)20-8-7-12(19-20)10-18-15-9-11(16)5-6-14(15)17/h5-9,13,18H,3-4,10H2,1-2H3. The molecule has 0 aliphatic carbocycles. The Morgan fingerprint density at radius 3 is 2.65 bits per heavy atom. The van der Waals surface area contributed by atoms with Crippen molar-refractivity contribution in [3.8, 4) is 0 Å². The zero-order valence-electron chi connectivity index (χ0n) is 11.7. The van der Waals surface area contributed by atoms with E-state index in [0.717, 1.165) is 36.7 Å². The van der Waals surface area contributed by atoms with Crippen LogP contribution < -0.4 is 5.32 Å². The van der Waals surface area contributed by atoms with Gasteiger partial charge in [0.2, 0.25) is 0 Å². The molecule has 1 aromatic carbocycles. The first-order valence-corrected chi connectivity index (χ1v) is 6.87. The Morgan fingerprint density at radius 1 is 1.20 bits per heavy atom. The molecule has 0 bridgehead atoms. The minimum Gasteiger partial charge on any atom is -0.377 e. The van der Waals surface area contributed by atoms with Crippen molar-refractivity contribution in [2.75, 3.05) is 5.32 Å². The molecule has 1 aromatic heterocycles. The van der Waals surface area contributed by atoms with E-state index in [2.05, 4.69) is 24.3 Å². The highest BCUT2D eigenvalue weighted by atomic mass is 19.1. The molecule has 0 saturated heterocycles. The second-order valence-corrected chi connectivity index (χ2v) is 4.74. The fraction of sp³-hybridized carbons (Fsp3) is 0.400. The van der Waals surface area contributed by atoms with E-state index in [4.69, 9.17) is 0 Å². The lowest BCUT2D eigenvalue weighted by atomic mass is 10.2. The summed E-state index contributed by atoms with van der Waals surface area (Å²) in [5, 5.41) is 7.32. The first-order valence-electron chi connectivity index (χ1n) is 6.87. The largest absolute Gasteiger partial charge is 0.377 e. The molecule has 0 atom stereocenters. The second kappa shape index (κ2) is 6.50. The van der Waals surface area contributed by atoms with Crippen LogP contribution in [-0.4, -0.2) is 9.78 Å². The third-order valence-corrected chi connectivity index (χ3v) is 3.37. The van der Waals surface area contributed by atoms with Crippen LogP contribution in [-0.2, 0) is 6.54 Å². The zero-order chi connectivity index (χ0) is 14.5. The Bertz CT molecular complexity index is 562. The number of nitrogens with one attached hydrogen (secondary N) is 1. The minimum atomic E-state index is -0.467. The molecule has 0 aliphatic rings. The maximum atomic E-state index is 13.5. The number of halogens is 2. The van der Waals surface area contributed by atoms with Gasteiger partial charge in [-0.1, -0.05) is 13.8 Å². The molecule has 0 unspecified atom stereocenters. The van der Waals surface area contributed by atoms with Gasteiger partial charge < -0.3 is 5.32 Å². The van der Waals surface area contributed by atoms with E-state index in [1.807, 2.05) is 16.9 Å². The average Bonchev–Trinajstić information content (AvgIpc) is 2.90. The highest BCUT2D eigenvalue weighted by Gasteiger charge is 2.08. The van der Waals surface area contributed by atoms with Crippen LogP contribution in [0.25, 0.3) is 0 Å². The predicted octanol–water partition coefficient (Wildman–Crippen LogP) is 4.13. The van der Waals surface area contributed by atoms with E-state index in [9.17, 15) is 8.78 Å². The summed E-state index contributed by atoms with van der Waals surface area (Å²) in [5.74, 6) is -0.928. The van der Waals surface area contributed by atoms with Crippen molar-refractivity contribution in [1.82, 2.24) is 9.78 Å². The summed E-state index contributed by atoms with van der Waals surface area (Å²) in [6.45, 7) is 4.61. The molecule has 108 valence electrons. The number of rotatable bonds is 6. The monoisotopic (exact) mass is 279 g/mol. The normalized spacial score (nSPS) is 11.1. The number of hydrogen-bond donors (Lipinski definition) is 1. The van der Waals surface area contributed by atoms with Gasteiger partial charge in [0.1, 0.15) is 11.6 Å². The highest BCUT2D eigenvalue weighted by molar-refractivity contribution is 5.45. The summed E-state index contributed by atoms with van der Waals surface area (Å²) in [6.07, 6.45) is 3.96. The first kappa shape index (κ1) is 14.5. The summed E-state index contributed by atoms with van der Waals surface area (Å²) in [5.41, 5.74) is 0.961. The van der Waals surface area contributed by atoms with Gasteiger partial charge in [0.05, 0.1) is 24.0 Å². The molecule has 3 nitrogen and oxygen atoms in total. The fourth-order valence-electron chi connectivity index (χ4n) is 2.16. The Hall–Kier alpha value is -1.91. The van der Waals surface area contributed by atoms with Crippen molar-refractivity contribution >= 4 is 5.69 Å². The van der Waals surface area contributed by atoms with Crippen LogP contribution in [0.15, 0.2) is 30.5 Å². The van der Waals surface area contributed by atoms with Gasteiger partial charge in [-0.2, -0.15) is 5.10 Å². The van der Waals surface area contributed by atoms with Crippen molar-refractivity contribution in [1.29, 1.82) is 0 Å². The van der Waals surface area contributed by atoms with Crippen molar-refractivity contribution in [3.63, 3.8) is 0 Å². The van der Waals surface area contributed by atoms with E-state index < -0.39 is 11.6 Å². The first-order chi connectivity index (χ1) is 9.63. The van der Waals surface area contributed by atoms with E-state index in [-0.39, 0.29) is 5.69 Å². The Morgan fingerprint density at radius 2 is 1.95 bits per heavy atom. The molecule has 0 radical (unpaired) electrons. The molecule has 0 saturated carbocycles. The third-order valence-electron chi connectivity index (χ3n) is 3.37. The molecule has 2 rings (SSSR count). The Labute approximate surface area is 117 Å². The van der Waals surface area contributed by atoms with E-state index >= 15 is 0 Å². The Kier molecular flexibility index (Phi) is 4.71. The summed E-state index contributed by atoms with van der Waals surface area (Å²) in [7, 11) is 0. The number of anilines is 1. The molecular weight excluding hydrogens is 260 g/mol. The molecule has 1 heterocycles. The molecule has 0 aliphatic heterocycles. The molecule has 0 fully saturated rings. The number of nitrogens with zero attached hydrogens (tertiary/aromatic N) is 2. The topological polar surface area (TPSA) is 29.9 Å². The van der Waals surface area contributed by atoms with Gasteiger partial charge in [0, 0.05) is 6.20 Å². The lowest BCUT2D eigenvalue weighted by Crippen LogP contribution is -2.09. The van der Waals surface area contributed by atoms with Gasteiger partial charge >= 0.3 is 0 Å². The Balaban J connectivity index is 2.02. The average molecular weight is 279 g/mol. The quantitative estimate of drug-likeness (QED) is 0.861. The van der Waals surface area contributed by atoms with Crippen molar-refractivity contribution < 1.29 is 8.78 Å². The molecule has 0 amide bonds. The van der Waals surface area contributed by atoms with Gasteiger partial charge in [0.25, 0.3) is 0 Å². The maximum absolute atomic E-state index is 13.5. The van der Waals surface area contributed by atoms with Gasteiger partial charge in [-0.15, -0.1) is 0 Å². The van der Waals surface area contributed by atoms with Crippen molar-refractivity contribution in [2.24, 2.45) is 0 Å². The van der Waals surface area contributed by atoms with E-state index in [1.54, 1.807) is 0 Å². The molecular formula is C15H19F2N3. The van der Waals surface area contributed by atoms with Crippen LogP contribution >= 0.6 is 0 Å². The maximum Gasteiger partial charge on any atom is 0.146 e. The van der Waals surface area contributed by atoms with E-state index in [1.165, 1.54) is 0 Å². The van der Waals surface area contributed by atoms with Gasteiger partial charge in [-0.05, 0) is 37.1 Å². The van der Waals surface area contributed by atoms with Crippen LogP contribution in [0.5, 0.6) is 0 Å². The van der Waals surface area contributed by atoms with Crippen LogP contribution in [0, 0.1) is 11.6 Å². The summed E-state index contributed by atoms with van der Waals surface area (Å²) >= 11 is 0. The van der Waals surface area contributed by atoms with Crippen LogP contribution in [0.4, 0.5) is 14.5 Å². The number of hydrogen-bond acceptors (Lipinski definition) is 2. The third kappa shape index (κ3) is 3.35. The molecule has 1 N–H and O–H groups in total. The van der Waals surface area contributed by atoms with Gasteiger partial charge in [-0.3, -0.25) is 4.68 Å². The minimum absolute atomic E-state index is 0.155. The lowest BCUT2D eigenvalue weighted by Gasteiger charge is -2.12. The van der Waals surface area contributed by atoms with Crippen LogP contribution in [0.1, 0.15) is 38.4 Å².